The zero-order chi connectivity index (χ0) is 18.5. The smallest absolute Gasteiger partial charge is 0.255 e. The summed E-state index contributed by atoms with van der Waals surface area (Å²) >= 11 is 1.64. The fourth-order valence-corrected chi connectivity index (χ4v) is 4.92. The second-order valence-corrected chi connectivity index (χ2v) is 8.79. The third kappa shape index (κ3) is 2.92. The highest BCUT2D eigenvalue weighted by Gasteiger charge is 2.20. The zero-order valence-electron chi connectivity index (χ0n) is 15.4. The lowest BCUT2D eigenvalue weighted by Crippen LogP contribution is -2.12. The summed E-state index contributed by atoms with van der Waals surface area (Å²) in [5.74, 6) is 0.625. The van der Waals surface area contributed by atoms with E-state index in [1.807, 2.05) is 43.3 Å². The van der Waals surface area contributed by atoms with Gasteiger partial charge >= 0.3 is 0 Å². The molecule has 1 aliphatic carbocycles. The molecule has 0 saturated carbocycles. The summed E-state index contributed by atoms with van der Waals surface area (Å²) in [5.41, 5.74) is 6.34. The topological polar surface area (TPSA) is 57.8 Å². The van der Waals surface area contributed by atoms with E-state index < -0.39 is 0 Å². The summed E-state index contributed by atoms with van der Waals surface area (Å²) in [6, 6.07) is 11.8. The van der Waals surface area contributed by atoms with E-state index in [4.69, 9.17) is 0 Å². The first-order valence-corrected chi connectivity index (χ1v) is 10.2. The van der Waals surface area contributed by atoms with E-state index >= 15 is 0 Å². The van der Waals surface area contributed by atoms with Gasteiger partial charge in [0.15, 0.2) is 0 Å². The number of hydrogen-bond donors (Lipinski definition) is 2. The second kappa shape index (κ2) is 6.20. The molecule has 5 rings (SSSR count). The molecule has 5 heteroatoms. The van der Waals surface area contributed by atoms with Gasteiger partial charge in [0.1, 0.15) is 0 Å². The molecule has 27 heavy (non-hydrogen) atoms. The molecule has 0 radical (unpaired) electrons. The number of anilines is 1. The van der Waals surface area contributed by atoms with Crippen molar-refractivity contribution in [2.45, 2.75) is 33.1 Å². The van der Waals surface area contributed by atoms with E-state index in [9.17, 15) is 4.79 Å². The Bertz CT molecular complexity index is 1190. The first-order valence-electron chi connectivity index (χ1n) is 9.39. The Morgan fingerprint density at radius 1 is 1.26 bits per heavy atom. The van der Waals surface area contributed by atoms with Gasteiger partial charge in [-0.2, -0.15) is 0 Å². The Kier molecular flexibility index (Phi) is 3.79. The SMILES string of the molecule is Cc1nc2ccc(NC(=O)c3ccc4[nH]c5c(c4c3)C[C@@H](C)CC5)cc2s1. The van der Waals surface area contributed by atoms with Crippen LogP contribution >= 0.6 is 11.3 Å². The van der Waals surface area contributed by atoms with E-state index in [2.05, 4.69) is 22.2 Å². The van der Waals surface area contributed by atoms with Crippen LogP contribution in [0.5, 0.6) is 0 Å². The van der Waals surface area contributed by atoms with Crippen LogP contribution in [-0.4, -0.2) is 15.9 Å². The van der Waals surface area contributed by atoms with Crippen molar-refractivity contribution in [1.82, 2.24) is 9.97 Å². The zero-order valence-corrected chi connectivity index (χ0v) is 16.2. The quantitative estimate of drug-likeness (QED) is 0.488. The van der Waals surface area contributed by atoms with Gasteiger partial charge in [0.05, 0.1) is 15.2 Å². The monoisotopic (exact) mass is 375 g/mol. The van der Waals surface area contributed by atoms with Crippen LogP contribution < -0.4 is 5.32 Å². The minimum absolute atomic E-state index is 0.0729. The number of aryl methyl sites for hydroxylation is 2. The van der Waals surface area contributed by atoms with Crippen LogP contribution in [0.15, 0.2) is 36.4 Å². The van der Waals surface area contributed by atoms with Crippen LogP contribution in [0, 0.1) is 12.8 Å². The van der Waals surface area contributed by atoms with Gasteiger partial charge in [-0.3, -0.25) is 4.79 Å². The third-order valence-electron chi connectivity index (χ3n) is 5.45. The Balaban J connectivity index is 1.46. The molecule has 136 valence electrons. The number of amides is 1. The summed E-state index contributed by atoms with van der Waals surface area (Å²) in [4.78, 5) is 20.8. The van der Waals surface area contributed by atoms with Crippen molar-refractivity contribution in [2.75, 3.05) is 5.32 Å². The molecule has 0 aliphatic heterocycles. The fraction of sp³-hybridized carbons (Fsp3) is 0.273. The number of benzene rings is 2. The molecule has 0 fully saturated rings. The summed E-state index contributed by atoms with van der Waals surface area (Å²) in [7, 11) is 0. The normalized spacial score (nSPS) is 16.6. The minimum atomic E-state index is -0.0729. The lowest BCUT2D eigenvalue weighted by atomic mass is 9.87. The molecular formula is C22H21N3OS. The lowest BCUT2D eigenvalue weighted by Gasteiger charge is -2.18. The molecule has 2 aromatic carbocycles. The van der Waals surface area contributed by atoms with Gasteiger partial charge in [-0.1, -0.05) is 6.92 Å². The van der Waals surface area contributed by atoms with Gasteiger partial charge in [-0.25, -0.2) is 4.98 Å². The summed E-state index contributed by atoms with van der Waals surface area (Å²) in [6.45, 7) is 4.30. The molecule has 4 nitrogen and oxygen atoms in total. The van der Waals surface area contributed by atoms with Crippen molar-refractivity contribution in [3.63, 3.8) is 0 Å². The Labute approximate surface area is 161 Å². The van der Waals surface area contributed by atoms with Crippen LogP contribution in [0.2, 0.25) is 0 Å². The number of carbonyl (C=O) groups is 1. The maximum atomic E-state index is 12.8. The van der Waals surface area contributed by atoms with E-state index in [-0.39, 0.29) is 5.91 Å². The number of fused-ring (bicyclic) bond motifs is 4. The van der Waals surface area contributed by atoms with Gasteiger partial charge in [0, 0.05) is 27.8 Å². The molecule has 2 N–H and O–H groups in total. The van der Waals surface area contributed by atoms with Gasteiger partial charge in [-0.05, 0) is 74.1 Å². The highest BCUT2D eigenvalue weighted by molar-refractivity contribution is 7.18. The molecule has 1 atom stereocenters. The number of rotatable bonds is 2. The van der Waals surface area contributed by atoms with E-state index in [0.29, 0.717) is 11.5 Å². The first kappa shape index (κ1) is 16.5. The molecule has 4 aromatic rings. The standard InChI is InChI=1S/C22H21N3OS/c1-12-3-6-18-16(9-12)17-10-14(4-7-19(17)25-18)22(26)24-15-5-8-20-21(11-15)27-13(2)23-20/h4-5,7-8,10-12,25H,3,6,9H2,1-2H3,(H,24,26)/t12-/m0/s1. The van der Waals surface area contributed by atoms with Gasteiger partial charge in [0.2, 0.25) is 0 Å². The number of aromatic amines is 1. The minimum Gasteiger partial charge on any atom is -0.358 e. The average Bonchev–Trinajstić information content (AvgIpc) is 3.19. The summed E-state index contributed by atoms with van der Waals surface area (Å²) in [5, 5.41) is 5.26. The first-order chi connectivity index (χ1) is 13.1. The Hall–Kier alpha value is -2.66. The van der Waals surface area contributed by atoms with Gasteiger partial charge < -0.3 is 10.3 Å². The lowest BCUT2D eigenvalue weighted by molar-refractivity contribution is 0.102. The predicted octanol–water partition coefficient (Wildman–Crippen LogP) is 5.46. The molecule has 0 bridgehead atoms. The van der Waals surface area contributed by atoms with Crippen molar-refractivity contribution in [2.24, 2.45) is 5.92 Å². The molecule has 0 saturated heterocycles. The van der Waals surface area contributed by atoms with Crippen LogP contribution in [0.1, 0.15) is 40.0 Å². The van der Waals surface area contributed by atoms with Crippen molar-refractivity contribution < 1.29 is 4.79 Å². The molecule has 2 aromatic heterocycles. The molecule has 0 spiro atoms. The fourth-order valence-electron chi connectivity index (χ4n) is 4.05. The maximum Gasteiger partial charge on any atom is 0.255 e. The number of thiazole rings is 1. The highest BCUT2D eigenvalue weighted by Crippen LogP contribution is 2.32. The number of nitrogens with one attached hydrogen (secondary N) is 2. The number of carbonyl (C=O) groups excluding carboxylic acids is 1. The van der Waals surface area contributed by atoms with Crippen LogP contribution in [-0.2, 0) is 12.8 Å². The van der Waals surface area contributed by atoms with Crippen molar-refractivity contribution in [3.05, 3.63) is 58.2 Å². The number of aromatic nitrogens is 2. The third-order valence-corrected chi connectivity index (χ3v) is 6.38. The molecule has 1 amide bonds. The molecule has 0 unspecified atom stereocenters. The molecule has 2 heterocycles. The Morgan fingerprint density at radius 2 is 2.15 bits per heavy atom. The van der Waals surface area contributed by atoms with E-state index in [1.54, 1.807) is 11.3 Å². The van der Waals surface area contributed by atoms with Crippen LogP contribution in [0.4, 0.5) is 5.69 Å². The molecule has 1 aliphatic rings. The average molecular weight is 375 g/mol. The van der Waals surface area contributed by atoms with Gasteiger partial charge in [-0.15, -0.1) is 11.3 Å². The van der Waals surface area contributed by atoms with E-state index in [0.717, 1.165) is 39.3 Å². The van der Waals surface area contributed by atoms with Crippen LogP contribution in [0.25, 0.3) is 21.1 Å². The summed E-state index contributed by atoms with van der Waals surface area (Å²) < 4.78 is 1.09. The van der Waals surface area contributed by atoms with E-state index in [1.165, 1.54) is 23.1 Å². The van der Waals surface area contributed by atoms with Crippen molar-refractivity contribution in [3.8, 4) is 0 Å². The number of hydrogen-bond acceptors (Lipinski definition) is 3. The maximum absolute atomic E-state index is 12.8. The highest BCUT2D eigenvalue weighted by atomic mass is 32.1. The molecular weight excluding hydrogens is 354 g/mol. The predicted molar refractivity (Wildman–Crippen MR) is 112 cm³/mol. The Morgan fingerprint density at radius 3 is 3.04 bits per heavy atom. The van der Waals surface area contributed by atoms with Gasteiger partial charge in [0.25, 0.3) is 5.91 Å². The van der Waals surface area contributed by atoms with Crippen LogP contribution in [0.3, 0.4) is 0 Å². The number of nitrogens with zero attached hydrogens (tertiary/aromatic N) is 1. The largest absolute Gasteiger partial charge is 0.358 e. The van der Waals surface area contributed by atoms with Crippen molar-refractivity contribution >= 4 is 44.1 Å². The van der Waals surface area contributed by atoms with Crippen molar-refractivity contribution in [1.29, 1.82) is 0 Å². The summed E-state index contributed by atoms with van der Waals surface area (Å²) in [6.07, 6.45) is 3.41. The second-order valence-electron chi connectivity index (χ2n) is 7.56. The number of H-pyrrole nitrogens is 1.